The second kappa shape index (κ2) is 6.09. The number of hydrogen-bond donors (Lipinski definition) is 0. The van der Waals surface area contributed by atoms with Crippen LogP contribution in [0, 0.1) is 0 Å². The van der Waals surface area contributed by atoms with Crippen molar-refractivity contribution in [3.8, 4) is 0 Å². The van der Waals surface area contributed by atoms with Gasteiger partial charge in [0.05, 0.1) is 0 Å². The number of thioether (sulfide) groups is 1. The van der Waals surface area contributed by atoms with Gasteiger partial charge in [0.15, 0.2) is 0 Å². The summed E-state index contributed by atoms with van der Waals surface area (Å²) >= 11 is 2.10. The van der Waals surface area contributed by atoms with Gasteiger partial charge in [0, 0.05) is 49.7 Å². The van der Waals surface area contributed by atoms with Crippen molar-refractivity contribution in [2.24, 2.45) is 0 Å². The third-order valence-corrected chi connectivity index (χ3v) is 5.28. The Balaban J connectivity index is 1.59. The van der Waals surface area contributed by atoms with Crippen LogP contribution in [0.15, 0.2) is 12.4 Å². The van der Waals surface area contributed by atoms with E-state index >= 15 is 0 Å². The van der Waals surface area contributed by atoms with Gasteiger partial charge in [-0.2, -0.15) is 11.8 Å². The lowest BCUT2D eigenvalue weighted by Gasteiger charge is -2.38. The number of anilines is 1. The molecule has 0 unspecified atom stereocenters. The number of rotatable bonds is 3. The van der Waals surface area contributed by atoms with Crippen molar-refractivity contribution in [2.45, 2.75) is 25.8 Å². The molecule has 4 nitrogen and oxygen atoms in total. The van der Waals surface area contributed by atoms with E-state index in [1.165, 1.54) is 31.0 Å². The van der Waals surface area contributed by atoms with E-state index in [0.717, 1.165) is 37.1 Å². The summed E-state index contributed by atoms with van der Waals surface area (Å²) in [5.74, 6) is 3.77. The Hall–Kier alpha value is -0.810. The van der Waals surface area contributed by atoms with E-state index in [1.54, 1.807) is 6.33 Å². The predicted molar refractivity (Wildman–Crippen MR) is 80.9 cm³/mol. The zero-order valence-electron chi connectivity index (χ0n) is 11.6. The molecule has 0 aromatic carbocycles. The summed E-state index contributed by atoms with van der Waals surface area (Å²) in [4.78, 5) is 13.8. The fraction of sp³-hybridized carbons (Fsp3) is 0.714. The Morgan fingerprint density at radius 1 is 1.26 bits per heavy atom. The van der Waals surface area contributed by atoms with Gasteiger partial charge in [0.2, 0.25) is 0 Å². The van der Waals surface area contributed by atoms with E-state index in [-0.39, 0.29) is 0 Å². The van der Waals surface area contributed by atoms with E-state index in [9.17, 15) is 0 Å². The molecule has 2 aliphatic rings. The molecule has 3 rings (SSSR count). The third-order valence-electron chi connectivity index (χ3n) is 4.13. The normalized spacial score (nSPS) is 24.9. The first-order chi connectivity index (χ1) is 9.36. The van der Waals surface area contributed by atoms with Gasteiger partial charge in [0.1, 0.15) is 12.1 Å². The molecule has 2 saturated heterocycles. The number of nitrogens with zero attached hydrogens (tertiary/aromatic N) is 4. The third kappa shape index (κ3) is 3.03. The van der Waals surface area contributed by atoms with Crippen molar-refractivity contribution in [1.29, 1.82) is 0 Å². The molecule has 1 aromatic rings. The van der Waals surface area contributed by atoms with Crippen molar-refractivity contribution in [3.63, 3.8) is 0 Å². The Bertz CT molecular complexity index is 412. The lowest BCUT2D eigenvalue weighted by atomic mass is 10.2. The molecule has 2 fully saturated rings. The SMILES string of the molecule is CCc1cc(N2CCN([C@@H]3CCSC3)CC2)ncn1. The maximum Gasteiger partial charge on any atom is 0.132 e. The minimum absolute atomic E-state index is 0.823. The number of aromatic nitrogens is 2. The van der Waals surface area contributed by atoms with Gasteiger partial charge in [-0.3, -0.25) is 4.90 Å². The van der Waals surface area contributed by atoms with Gasteiger partial charge >= 0.3 is 0 Å². The average molecular weight is 278 g/mol. The molecule has 19 heavy (non-hydrogen) atoms. The molecule has 0 radical (unpaired) electrons. The smallest absolute Gasteiger partial charge is 0.132 e. The molecule has 0 bridgehead atoms. The van der Waals surface area contributed by atoms with Crippen LogP contribution in [0.25, 0.3) is 0 Å². The summed E-state index contributed by atoms with van der Waals surface area (Å²) in [6.45, 7) is 6.69. The number of piperazine rings is 1. The maximum absolute atomic E-state index is 4.43. The molecule has 2 aliphatic heterocycles. The zero-order valence-corrected chi connectivity index (χ0v) is 12.4. The highest BCUT2D eigenvalue weighted by atomic mass is 32.2. The van der Waals surface area contributed by atoms with Gasteiger partial charge in [-0.25, -0.2) is 9.97 Å². The van der Waals surface area contributed by atoms with Crippen LogP contribution in [0.3, 0.4) is 0 Å². The number of aryl methyl sites for hydroxylation is 1. The average Bonchev–Trinajstić information content (AvgIpc) is 3.02. The minimum atomic E-state index is 0.823. The Morgan fingerprint density at radius 2 is 2.11 bits per heavy atom. The van der Waals surface area contributed by atoms with Crippen LogP contribution < -0.4 is 4.90 Å². The second-order valence-electron chi connectivity index (χ2n) is 5.26. The Kier molecular flexibility index (Phi) is 4.23. The van der Waals surface area contributed by atoms with Crippen molar-refractivity contribution in [3.05, 3.63) is 18.1 Å². The van der Waals surface area contributed by atoms with E-state index < -0.39 is 0 Å². The van der Waals surface area contributed by atoms with Crippen LogP contribution in [-0.4, -0.2) is 58.6 Å². The highest BCUT2D eigenvalue weighted by molar-refractivity contribution is 7.99. The van der Waals surface area contributed by atoms with Crippen molar-refractivity contribution >= 4 is 17.6 Å². The predicted octanol–water partition coefficient (Wildman–Crippen LogP) is 1.67. The summed E-state index contributed by atoms with van der Waals surface area (Å²) in [5, 5.41) is 0. The molecule has 1 atom stereocenters. The van der Waals surface area contributed by atoms with Crippen molar-refractivity contribution in [2.75, 3.05) is 42.6 Å². The number of hydrogen-bond acceptors (Lipinski definition) is 5. The van der Waals surface area contributed by atoms with Crippen LogP contribution in [-0.2, 0) is 6.42 Å². The molecule has 1 aromatic heterocycles. The molecule has 104 valence electrons. The molecular weight excluding hydrogens is 256 g/mol. The van der Waals surface area contributed by atoms with Crippen LogP contribution in [0.5, 0.6) is 0 Å². The first-order valence-electron chi connectivity index (χ1n) is 7.24. The summed E-state index contributed by atoms with van der Waals surface area (Å²) in [6.07, 6.45) is 4.06. The summed E-state index contributed by atoms with van der Waals surface area (Å²) in [5.41, 5.74) is 1.14. The summed E-state index contributed by atoms with van der Waals surface area (Å²) < 4.78 is 0. The van der Waals surface area contributed by atoms with E-state index in [4.69, 9.17) is 0 Å². The second-order valence-corrected chi connectivity index (χ2v) is 6.41. The Labute approximate surface area is 119 Å². The lowest BCUT2D eigenvalue weighted by molar-refractivity contribution is 0.200. The topological polar surface area (TPSA) is 32.3 Å². The zero-order chi connectivity index (χ0) is 13.1. The Morgan fingerprint density at radius 3 is 2.79 bits per heavy atom. The molecule has 5 heteroatoms. The van der Waals surface area contributed by atoms with Crippen molar-refractivity contribution in [1.82, 2.24) is 14.9 Å². The first kappa shape index (κ1) is 13.2. The molecule has 3 heterocycles. The maximum atomic E-state index is 4.43. The van der Waals surface area contributed by atoms with Crippen LogP contribution in [0.1, 0.15) is 19.0 Å². The lowest BCUT2D eigenvalue weighted by Crippen LogP contribution is -2.50. The monoisotopic (exact) mass is 278 g/mol. The molecule has 0 saturated carbocycles. The molecular formula is C14H22N4S. The van der Waals surface area contributed by atoms with E-state index in [1.807, 2.05) is 0 Å². The van der Waals surface area contributed by atoms with E-state index in [2.05, 4.69) is 44.5 Å². The fourth-order valence-electron chi connectivity index (χ4n) is 2.88. The van der Waals surface area contributed by atoms with Crippen LogP contribution in [0.4, 0.5) is 5.82 Å². The minimum Gasteiger partial charge on any atom is -0.354 e. The van der Waals surface area contributed by atoms with Gasteiger partial charge in [-0.05, 0) is 18.6 Å². The van der Waals surface area contributed by atoms with E-state index in [0.29, 0.717) is 0 Å². The highest BCUT2D eigenvalue weighted by Gasteiger charge is 2.26. The first-order valence-corrected chi connectivity index (χ1v) is 8.40. The molecule has 0 aliphatic carbocycles. The summed E-state index contributed by atoms with van der Waals surface area (Å²) in [7, 11) is 0. The molecule has 0 amide bonds. The molecule has 0 N–H and O–H groups in total. The van der Waals surface area contributed by atoms with Gasteiger partial charge < -0.3 is 4.90 Å². The standard InChI is InChI=1S/C14H22N4S/c1-2-12-9-14(16-11-15-12)18-6-4-17(5-7-18)13-3-8-19-10-13/h9,11,13H,2-8,10H2,1H3/t13-/m1/s1. The van der Waals surface area contributed by atoms with Crippen molar-refractivity contribution < 1.29 is 0 Å². The summed E-state index contributed by atoms with van der Waals surface area (Å²) in [6, 6.07) is 2.96. The largest absolute Gasteiger partial charge is 0.354 e. The van der Waals surface area contributed by atoms with Crippen LogP contribution >= 0.6 is 11.8 Å². The quantitative estimate of drug-likeness (QED) is 0.840. The van der Waals surface area contributed by atoms with Gasteiger partial charge in [0.25, 0.3) is 0 Å². The van der Waals surface area contributed by atoms with Gasteiger partial charge in [-0.15, -0.1) is 0 Å². The fourth-order valence-corrected chi connectivity index (χ4v) is 4.13. The molecule has 0 spiro atoms. The van der Waals surface area contributed by atoms with Gasteiger partial charge in [-0.1, -0.05) is 6.92 Å². The van der Waals surface area contributed by atoms with Crippen LogP contribution in [0.2, 0.25) is 0 Å². The highest BCUT2D eigenvalue weighted by Crippen LogP contribution is 2.24.